The Labute approximate surface area is 107 Å². The molecule has 1 N–H and O–H groups in total. The molecule has 0 bridgehead atoms. The van der Waals surface area contributed by atoms with Crippen molar-refractivity contribution in [1.82, 2.24) is 4.90 Å². The first-order valence-electron chi connectivity index (χ1n) is 6.06. The molecule has 1 saturated heterocycles. The van der Waals surface area contributed by atoms with E-state index in [2.05, 4.69) is 17.3 Å². The maximum Gasteiger partial charge on any atom is 0.141 e. The van der Waals surface area contributed by atoms with Gasteiger partial charge in [0.2, 0.25) is 0 Å². The topological polar surface area (TPSA) is 15.3 Å². The highest BCUT2D eigenvalue weighted by atomic mass is 35.5. The predicted octanol–water partition coefficient (Wildman–Crippen LogP) is 3.38. The van der Waals surface area contributed by atoms with Crippen molar-refractivity contribution in [3.8, 4) is 0 Å². The maximum atomic E-state index is 13.0. The number of hydrogen-bond acceptors (Lipinski definition) is 2. The van der Waals surface area contributed by atoms with E-state index < -0.39 is 0 Å². The van der Waals surface area contributed by atoms with Crippen molar-refractivity contribution < 1.29 is 4.39 Å². The molecule has 1 aromatic rings. The molecule has 0 amide bonds. The first-order chi connectivity index (χ1) is 8.16. The van der Waals surface area contributed by atoms with Gasteiger partial charge < -0.3 is 10.2 Å². The van der Waals surface area contributed by atoms with Gasteiger partial charge in [-0.05, 0) is 44.6 Å². The Kier molecular flexibility index (Phi) is 4.24. The summed E-state index contributed by atoms with van der Waals surface area (Å²) in [6.07, 6.45) is 3.80. The molecule has 1 aliphatic heterocycles. The quantitative estimate of drug-likeness (QED) is 0.892. The van der Waals surface area contributed by atoms with Crippen LogP contribution in [0.25, 0.3) is 0 Å². The van der Waals surface area contributed by atoms with Gasteiger partial charge in [0.15, 0.2) is 0 Å². The van der Waals surface area contributed by atoms with Crippen LogP contribution in [0.15, 0.2) is 18.2 Å². The number of likely N-dealkylation sites (tertiary alicyclic amines) is 1. The summed E-state index contributed by atoms with van der Waals surface area (Å²) in [6.45, 7) is 2.05. The molecule has 4 heteroatoms. The van der Waals surface area contributed by atoms with E-state index in [0.29, 0.717) is 6.04 Å². The summed E-state index contributed by atoms with van der Waals surface area (Å²) in [4.78, 5) is 2.38. The fourth-order valence-corrected chi connectivity index (χ4v) is 2.42. The van der Waals surface area contributed by atoms with Crippen LogP contribution in [0.5, 0.6) is 0 Å². The van der Waals surface area contributed by atoms with E-state index in [4.69, 9.17) is 11.6 Å². The van der Waals surface area contributed by atoms with Crippen LogP contribution in [0.4, 0.5) is 10.1 Å². The summed E-state index contributed by atoms with van der Waals surface area (Å²) in [5.74, 6) is -0.369. The summed E-state index contributed by atoms with van der Waals surface area (Å²) in [5.41, 5.74) is 0.885. The molecule has 1 atom stereocenters. The molecule has 17 heavy (non-hydrogen) atoms. The van der Waals surface area contributed by atoms with Gasteiger partial charge in [0.25, 0.3) is 0 Å². The Morgan fingerprint density at radius 2 is 2.29 bits per heavy atom. The van der Waals surface area contributed by atoms with Gasteiger partial charge in [0.05, 0.1) is 5.02 Å². The Morgan fingerprint density at radius 1 is 1.47 bits per heavy atom. The summed E-state index contributed by atoms with van der Waals surface area (Å²) in [5, 5.41) is 3.49. The van der Waals surface area contributed by atoms with Crippen LogP contribution in [0.1, 0.15) is 19.3 Å². The summed E-state index contributed by atoms with van der Waals surface area (Å²) in [7, 11) is 2.16. The number of rotatable bonds is 3. The maximum absolute atomic E-state index is 13.0. The molecule has 0 saturated carbocycles. The van der Waals surface area contributed by atoms with Crippen molar-refractivity contribution in [3.63, 3.8) is 0 Å². The van der Waals surface area contributed by atoms with Crippen LogP contribution in [0, 0.1) is 5.82 Å². The monoisotopic (exact) mass is 256 g/mol. The average molecular weight is 257 g/mol. The molecule has 2 nitrogen and oxygen atoms in total. The third kappa shape index (κ3) is 3.33. The van der Waals surface area contributed by atoms with E-state index in [1.165, 1.54) is 25.3 Å². The predicted molar refractivity (Wildman–Crippen MR) is 70.2 cm³/mol. The highest BCUT2D eigenvalue weighted by Gasteiger charge is 2.18. The lowest BCUT2D eigenvalue weighted by Gasteiger charge is -2.32. The smallest absolute Gasteiger partial charge is 0.141 e. The van der Waals surface area contributed by atoms with Crippen LogP contribution >= 0.6 is 11.6 Å². The van der Waals surface area contributed by atoms with E-state index in [9.17, 15) is 4.39 Å². The van der Waals surface area contributed by atoms with Crippen LogP contribution < -0.4 is 5.32 Å². The Morgan fingerprint density at radius 3 is 3.00 bits per heavy atom. The zero-order valence-electron chi connectivity index (χ0n) is 10.0. The Balaban J connectivity index is 1.90. The lowest BCUT2D eigenvalue weighted by molar-refractivity contribution is 0.194. The summed E-state index contributed by atoms with van der Waals surface area (Å²) in [6, 6.07) is 5.33. The lowest BCUT2D eigenvalue weighted by Crippen LogP contribution is -2.40. The fourth-order valence-electron chi connectivity index (χ4n) is 2.24. The number of likely N-dealkylation sites (N-methyl/N-ethyl adjacent to an activating group) is 1. The van der Waals surface area contributed by atoms with Gasteiger partial charge >= 0.3 is 0 Å². The minimum Gasteiger partial charge on any atom is -0.383 e. The van der Waals surface area contributed by atoms with Gasteiger partial charge in [0, 0.05) is 18.3 Å². The van der Waals surface area contributed by atoms with Gasteiger partial charge in [-0.1, -0.05) is 18.0 Å². The molecule has 2 rings (SSSR count). The number of halogens is 2. The van der Waals surface area contributed by atoms with E-state index >= 15 is 0 Å². The Hall–Kier alpha value is -0.800. The fraction of sp³-hybridized carbons (Fsp3) is 0.538. The van der Waals surface area contributed by atoms with Crippen molar-refractivity contribution in [2.75, 3.05) is 25.5 Å². The van der Waals surface area contributed by atoms with E-state index in [1.807, 2.05) is 0 Å². The molecule has 1 heterocycles. The molecule has 94 valence electrons. The number of nitrogens with one attached hydrogen (secondary N) is 1. The number of piperidine rings is 1. The van der Waals surface area contributed by atoms with Crippen molar-refractivity contribution in [1.29, 1.82) is 0 Å². The zero-order valence-corrected chi connectivity index (χ0v) is 10.8. The van der Waals surface area contributed by atoms with E-state index in [0.717, 1.165) is 18.8 Å². The largest absolute Gasteiger partial charge is 0.383 e. The van der Waals surface area contributed by atoms with Gasteiger partial charge in [-0.3, -0.25) is 0 Å². The van der Waals surface area contributed by atoms with Crippen molar-refractivity contribution in [2.45, 2.75) is 25.3 Å². The van der Waals surface area contributed by atoms with Crippen LogP contribution in [-0.4, -0.2) is 31.1 Å². The molecule has 1 aromatic carbocycles. The molecular weight excluding hydrogens is 239 g/mol. The highest BCUT2D eigenvalue weighted by Crippen LogP contribution is 2.20. The van der Waals surface area contributed by atoms with E-state index in [1.54, 1.807) is 12.1 Å². The van der Waals surface area contributed by atoms with Gasteiger partial charge in [-0.25, -0.2) is 4.39 Å². The minimum absolute atomic E-state index is 0.173. The molecular formula is C13H18ClFN2. The zero-order chi connectivity index (χ0) is 12.3. The molecule has 1 unspecified atom stereocenters. The second-order valence-corrected chi connectivity index (χ2v) is 5.05. The first-order valence-corrected chi connectivity index (χ1v) is 6.44. The molecule has 1 aliphatic rings. The first kappa shape index (κ1) is 12.7. The number of anilines is 1. The normalized spacial score (nSPS) is 21.5. The van der Waals surface area contributed by atoms with E-state index in [-0.39, 0.29) is 10.8 Å². The number of hydrogen-bond donors (Lipinski definition) is 1. The van der Waals surface area contributed by atoms with Crippen LogP contribution in [-0.2, 0) is 0 Å². The second-order valence-electron chi connectivity index (χ2n) is 4.64. The van der Waals surface area contributed by atoms with Crippen molar-refractivity contribution in [3.05, 3.63) is 29.0 Å². The van der Waals surface area contributed by atoms with Crippen molar-refractivity contribution in [2.24, 2.45) is 0 Å². The standard InChI is InChI=1S/C13H18ClFN2/c1-17-7-3-2-4-11(17)9-16-10-5-6-13(15)12(14)8-10/h5-6,8,11,16H,2-4,7,9H2,1H3. The third-order valence-electron chi connectivity index (χ3n) is 3.38. The molecule has 0 spiro atoms. The van der Waals surface area contributed by atoms with Crippen LogP contribution in [0.2, 0.25) is 5.02 Å². The molecule has 0 aliphatic carbocycles. The number of nitrogens with zero attached hydrogens (tertiary/aromatic N) is 1. The van der Waals surface area contributed by atoms with Gasteiger partial charge in [-0.15, -0.1) is 0 Å². The minimum atomic E-state index is -0.369. The van der Waals surface area contributed by atoms with Crippen molar-refractivity contribution >= 4 is 17.3 Å². The van der Waals surface area contributed by atoms with Crippen LogP contribution in [0.3, 0.4) is 0 Å². The van der Waals surface area contributed by atoms with Gasteiger partial charge in [0.1, 0.15) is 5.82 Å². The third-order valence-corrected chi connectivity index (χ3v) is 3.67. The molecule has 0 aromatic heterocycles. The average Bonchev–Trinajstić information content (AvgIpc) is 2.32. The molecule has 1 fully saturated rings. The summed E-state index contributed by atoms with van der Waals surface area (Å²) < 4.78 is 13.0. The van der Waals surface area contributed by atoms with Gasteiger partial charge in [-0.2, -0.15) is 0 Å². The SMILES string of the molecule is CN1CCCCC1CNc1ccc(F)c(Cl)c1. The number of benzene rings is 1. The molecule has 0 radical (unpaired) electrons. The lowest BCUT2D eigenvalue weighted by atomic mass is 10.0. The summed E-state index contributed by atoms with van der Waals surface area (Å²) >= 11 is 5.74. The second kappa shape index (κ2) is 5.69. The highest BCUT2D eigenvalue weighted by molar-refractivity contribution is 6.31. The Bertz CT molecular complexity index is 384.